The van der Waals surface area contributed by atoms with Crippen LogP contribution < -0.4 is 5.32 Å². The van der Waals surface area contributed by atoms with Gasteiger partial charge in [0.05, 0.1) is 17.6 Å². The van der Waals surface area contributed by atoms with E-state index in [2.05, 4.69) is 5.32 Å². The van der Waals surface area contributed by atoms with Gasteiger partial charge in [-0.25, -0.2) is 0 Å². The molecule has 5 nitrogen and oxygen atoms in total. The van der Waals surface area contributed by atoms with E-state index >= 15 is 0 Å². The number of nitriles is 1. The minimum atomic E-state index is -0.717. The fraction of sp³-hybridized carbons (Fsp3) is 0.438. The van der Waals surface area contributed by atoms with Gasteiger partial charge in [-0.1, -0.05) is 6.07 Å². The van der Waals surface area contributed by atoms with Crippen molar-refractivity contribution in [2.75, 3.05) is 6.54 Å². The Morgan fingerprint density at radius 3 is 2.62 bits per heavy atom. The van der Waals surface area contributed by atoms with Crippen molar-refractivity contribution in [1.29, 1.82) is 5.26 Å². The molecule has 0 spiro atoms. The van der Waals surface area contributed by atoms with Gasteiger partial charge in [-0.3, -0.25) is 9.59 Å². The molecule has 1 aromatic rings. The van der Waals surface area contributed by atoms with Crippen LogP contribution in [0.5, 0.6) is 0 Å². The highest BCUT2D eigenvalue weighted by molar-refractivity contribution is 5.94. The van der Waals surface area contributed by atoms with E-state index in [1.807, 2.05) is 6.07 Å². The molecule has 1 saturated carbocycles. The van der Waals surface area contributed by atoms with Gasteiger partial charge in [0, 0.05) is 12.1 Å². The molecule has 0 unspecified atom stereocenters. The molecule has 1 fully saturated rings. The first-order valence-corrected chi connectivity index (χ1v) is 7.11. The number of nitrogens with one attached hydrogen (secondary N) is 1. The molecular formula is C16H18N2O3. The van der Waals surface area contributed by atoms with Crippen molar-refractivity contribution in [3.63, 3.8) is 0 Å². The average molecular weight is 286 g/mol. The molecule has 21 heavy (non-hydrogen) atoms. The van der Waals surface area contributed by atoms with E-state index in [9.17, 15) is 9.59 Å². The molecule has 5 heteroatoms. The predicted octanol–water partition coefficient (Wildman–Crippen LogP) is 2.18. The molecule has 0 radical (unpaired) electrons. The van der Waals surface area contributed by atoms with E-state index in [1.165, 1.54) is 0 Å². The van der Waals surface area contributed by atoms with Crippen molar-refractivity contribution in [3.05, 3.63) is 35.4 Å². The zero-order valence-electron chi connectivity index (χ0n) is 11.7. The summed E-state index contributed by atoms with van der Waals surface area (Å²) in [5, 5.41) is 20.6. The van der Waals surface area contributed by atoms with Crippen LogP contribution in [0.2, 0.25) is 0 Å². The summed E-state index contributed by atoms with van der Waals surface area (Å²) in [4.78, 5) is 22.9. The van der Waals surface area contributed by atoms with Crippen LogP contribution in [0.15, 0.2) is 24.3 Å². The molecule has 1 aliphatic rings. The Bertz CT molecular complexity index is 569. The second-order valence-corrected chi connectivity index (χ2v) is 5.46. The van der Waals surface area contributed by atoms with Gasteiger partial charge < -0.3 is 10.4 Å². The fourth-order valence-corrected chi connectivity index (χ4v) is 2.68. The Morgan fingerprint density at radius 2 is 2.00 bits per heavy atom. The highest BCUT2D eigenvalue weighted by atomic mass is 16.4. The molecule has 1 aromatic carbocycles. The van der Waals surface area contributed by atoms with E-state index in [1.54, 1.807) is 24.3 Å². The summed E-state index contributed by atoms with van der Waals surface area (Å²) < 4.78 is 0. The summed E-state index contributed by atoms with van der Waals surface area (Å²) in [6, 6.07) is 8.59. The van der Waals surface area contributed by atoms with Crippen molar-refractivity contribution >= 4 is 11.9 Å². The third kappa shape index (κ3) is 4.06. The minimum Gasteiger partial charge on any atom is -0.481 e. The molecule has 0 aromatic heterocycles. The molecule has 0 heterocycles. The van der Waals surface area contributed by atoms with Gasteiger partial charge in [0.2, 0.25) is 0 Å². The van der Waals surface area contributed by atoms with Crippen molar-refractivity contribution in [3.8, 4) is 6.07 Å². The number of benzene rings is 1. The third-order valence-electron chi connectivity index (χ3n) is 4.00. The Morgan fingerprint density at radius 1 is 1.29 bits per heavy atom. The second-order valence-electron chi connectivity index (χ2n) is 5.46. The molecule has 2 N–H and O–H groups in total. The maximum absolute atomic E-state index is 12.0. The second kappa shape index (κ2) is 6.89. The Labute approximate surface area is 123 Å². The molecule has 2 rings (SSSR count). The van der Waals surface area contributed by atoms with Crippen molar-refractivity contribution in [2.45, 2.75) is 25.7 Å². The number of amides is 1. The van der Waals surface area contributed by atoms with Gasteiger partial charge in [-0.15, -0.1) is 0 Å². The van der Waals surface area contributed by atoms with Crippen LogP contribution in [-0.2, 0) is 4.79 Å². The topological polar surface area (TPSA) is 90.2 Å². The molecule has 0 atom stereocenters. The van der Waals surface area contributed by atoms with Crippen molar-refractivity contribution < 1.29 is 14.7 Å². The number of carboxylic acids is 1. The summed E-state index contributed by atoms with van der Waals surface area (Å²) in [7, 11) is 0. The van der Waals surface area contributed by atoms with Gasteiger partial charge in [-0.05, 0) is 49.8 Å². The first kappa shape index (κ1) is 15.0. The monoisotopic (exact) mass is 286 g/mol. The number of carbonyl (C=O) groups is 2. The number of rotatable bonds is 4. The van der Waals surface area contributed by atoms with Gasteiger partial charge >= 0.3 is 5.97 Å². The number of carboxylic acid groups (broad SMARTS) is 1. The summed E-state index contributed by atoms with van der Waals surface area (Å²) >= 11 is 0. The highest BCUT2D eigenvalue weighted by Crippen LogP contribution is 2.28. The first-order chi connectivity index (χ1) is 10.1. The van der Waals surface area contributed by atoms with Crippen LogP contribution in [-0.4, -0.2) is 23.5 Å². The van der Waals surface area contributed by atoms with E-state index in [0.717, 1.165) is 12.8 Å². The molecule has 0 saturated heterocycles. The zero-order chi connectivity index (χ0) is 15.2. The minimum absolute atomic E-state index is 0.188. The lowest BCUT2D eigenvalue weighted by atomic mass is 9.82. The van der Waals surface area contributed by atoms with Crippen LogP contribution in [0.4, 0.5) is 0 Å². The van der Waals surface area contributed by atoms with Crippen LogP contribution in [0.1, 0.15) is 41.6 Å². The summed E-state index contributed by atoms with van der Waals surface area (Å²) in [6.07, 6.45) is 3.02. The lowest BCUT2D eigenvalue weighted by Gasteiger charge is -2.26. The number of hydrogen-bond acceptors (Lipinski definition) is 3. The van der Waals surface area contributed by atoms with E-state index < -0.39 is 5.97 Å². The van der Waals surface area contributed by atoms with Crippen LogP contribution in [0.25, 0.3) is 0 Å². The Hall–Kier alpha value is -2.35. The third-order valence-corrected chi connectivity index (χ3v) is 4.00. The standard InChI is InChI=1S/C16H18N2O3/c17-9-12-2-1-3-14(8-12)15(19)18-10-11-4-6-13(7-5-11)16(20)21/h1-3,8,11,13H,4-7,10H2,(H,18,19)(H,20,21). The zero-order valence-corrected chi connectivity index (χ0v) is 11.7. The summed E-state index contributed by atoms with van der Waals surface area (Å²) in [5.74, 6) is -0.800. The van der Waals surface area contributed by atoms with E-state index in [4.69, 9.17) is 10.4 Å². The Balaban J connectivity index is 1.82. The van der Waals surface area contributed by atoms with Crippen LogP contribution in [0, 0.1) is 23.2 Å². The number of aliphatic carboxylic acids is 1. The van der Waals surface area contributed by atoms with E-state index in [-0.39, 0.29) is 11.8 Å². The van der Waals surface area contributed by atoms with Crippen LogP contribution >= 0.6 is 0 Å². The molecule has 110 valence electrons. The van der Waals surface area contributed by atoms with E-state index in [0.29, 0.717) is 36.4 Å². The van der Waals surface area contributed by atoms with Crippen molar-refractivity contribution in [1.82, 2.24) is 5.32 Å². The number of carbonyl (C=O) groups excluding carboxylic acids is 1. The molecule has 1 aliphatic carbocycles. The normalized spacial score (nSPS) is 21.3. The lowest BCUT2D eigenvalue weighted by Crippen LogP contribution is -2.32. The lowest BCUT2D eigenvalue weighted by molar-refractivity contribution is -0.143. The predicted molar refractivity (Wildman–Crippen MR) is 76.6 cm³/mol. The smallest absolute Gasteiger partial charge is 0.306 e. The largest absolute Gasteiger partial charge is 0.481 e. The maximum Gasteiger partial charge on any atom is 0.306 e. The van der Waals surface area contributed by atoms with Gasteiger partial charge in [-0.2, -0.15) is 5.26 Å². The number of nitrogens with zero attached hydrogens (tertiary/aromatic N) is 1. The number of hydrogen-bond donors (Lipinski definition) is 2. The van der Waals surface area contributed by atoms with Crippen LogP contribution in [0.3, 0.4) is 0 Å². The van der Waals surface area contributed by atoms with Gasteiger partial charge in [0.15, 0.2) is 0 Å². The molecule has 0 aliphatic heterocycles. The highest BCUT2D eigenvalue weighted by Gasteiger charge is 2.26. The van der Waals surface area contributed by atoms with Gasteiger partial charge in [0.1, 0.15) is 0 Å². The van der Waals surface area contributed by atoms with Crippen molar-refractivity contribution in [2.24, 2.45) is 11.8 Å². The summed E-state index contributed by atoms with van der Waals surface area (Å²) in [6.45, 7) is 0.557. The molecule has 1 amide bonds. The SMILES string of the molecule is N#Cc1cccc(C(=O)NCC2CCC(C(=O)O)CC2)c1. The molecule has 0 bridgehead atoms. The Kier molecular flexibility index (Phi) is 4.94. The average Bonchev–Trinajstić information content (AvgIpc) is 2.53. The molecular weight excluding hydrogens is 268 g/mol. The maximum atomic E-state index is 12.0. The first-order valence-electron chi connectivity index (χ1n) is 7.11. The van der Waals surface area contributed by atoms with Gasteiger partial charge in [0.25, 0.3) is 5.91 Å². The quantitative estimate of drug-likeness (QED) is 0.887. The summed E-state index contributed by atoms with van der Waals surface area (Å²) in [5.41, 5.74) is 0.942. The fourth-order valence-electron chi connectivity index (χ4n) is 2.68.